The third-order valence-electron chi connectivity index (χ3n) is 8.95. The van der Waals surface area contributed by atoms with Crippen molar-refractivity contribution in [1.29, 1.82) is 0 Å². The Balaban J connectivity index is 1.75. The summed E-state index contributed by atoms with van der Waals surface area (Å²) in [5.41, 5.74) is -9.40. The minimum Gasteiger partial charge on any atom is -0.456 e. The average Bonchev–Trinajstić information content (AvgIpc) is 3.35. The van der Waals surface area contributed by atoms with Crippen LogP contribution in [0, 0.1) is 28.1 Å². The summed E-state index contributed by atoms with van der Waals surface area (Å²) in [7, 11) is 0. The largest absolute Gasteiger partial charge is 0.456 e. The van der Waals surface area contributed by atoms with E-state index in [1.807, 2.05) is 0 Å². The van der Waals surface area contributed by atoms with E-state index in [0.29, 0.717) is 0 Å². The van der Waals surface area contributed by atoms with Crippen LogP contribution >= 0.6 is 0 Å². The number of esters is 3. The van der Waals surface area contributed by atoms with Crippen LogP contribution in [0.15, 0.2) is 0 Å². The first-order chi connectivity index (χ1) is 14.3. The van der Waals surface area contributed by atoms with Crippen molar-refractivity contribution in [3.63, 3.8) is 0 Å². The second-order valence-corrected chi connectivity index (χ2v) is 10.8. The molecule has 0 aromatic rings. The number of carbonyl (C=O) groups is 3. The fourth-order valence-corrected chi connectivity index (χ4v) is 8.27. The van der Waals surface area contributed by atoms with Crippen LogP contribution in [0.25, 0.3) is 0 Å². The standard InChI is InChI=1S/C20H24O11/c1-5-12(24)28-11-8(22)18-10-6(21)7(16(2,3)4)17(18)9(23)13(25)30-15(17)31-20(18,14(26)29-10)19(5,11)27/h5-11,15,21-23,27H,1-4H3/t5-,6+,7?,8+,9+,10-,11+,15?,17?,18-,19-,20-/m1/s1. The fraction of sp³-hybridized carbons (Fsp3) is 0.850. The maximum Gasteiger partial charge on any atom is 0.343 e. The molecule has 11 nitrogen and oxygen atoms in total. The fourth-order valence-electron chi connectivity index (χ4n) is 8.27. The smallest absolute Gasteiger partial charge is 0.343 e. The highest BCUT2D eigenvalue weighted by Gasteiger charge is 3.05. The molecule has 4 aliphatic heterocycles. The maximum atomic E-state index is 13.4. The van der Waals surface area contributed by atoms with Crippen molar-refractivity contribution in [2.24, 2.45) is 28.1 Å². The zero-order valence-corrected chi connectivity index (χ0v) is 17.3. The Morgan fingerprint density at radius 1 is 0.935 bits per heavy atom. The molecule has 2 saturated carbocycles. The summed E-state index contributed by atoms with van der Waals surface area (Å²) < 4.78 is 22.2. The maximum absolute atomic E-state index is 13.4. The third kappa shape index (κ3) is 1.43. The number of hydrogen-bond donors (Lipinski definition) is 4. The lowest BCUT2D eigenvalue weighted by Gasteiger charge is -2.47. The Hall–Kier alpha value is -1.79. The van der Waals surface area contributed by atoms with Gasteiger partial charge in [0.2, 0.25) is 11.9 Å². The van der Waals surface area contributed by atoms with E-state index in [4.69, 9.17) is 18.9 Å². The van der Waals surface area contributed by atoms with Crippen molar-refractivity contribution in [1.82, 2.24) is 0 Å². The summed E-state index contributed by atoms with van der Waals surface area (Å²) >= 11 is 0. The highest BCUT2D eigenvalue weighted by atomic mass is 16.8. The van der Waals surface area contributed by atoms with Gasteiger partial charge in [-0.3, -0.25) is 4.79 Å². The number of fused-ring (bicyclic) bond motifs is 1. The summed E-state index contributed by atoms with van der Waals surface area (Å²) in [5.74, 6) is -5.22. The van der Waals surface area contributed by atoms with Gasteiger partial charge in [0, 0.05) is 5.92 Å². The van der Waals surface area contributed by atoms with Crippen molar-refractivity contribution < 1.29 is 53.8 Å². The van der Waals surface area contributed by atoms with Crippen LogP contribution in [0.5, 0.6) is 0 Å². The molecule has 0 aromatic heterocycles. The lowest BCUT2D eigenvalue weighted by molar-refractivity contribution is -0.240. The first kappa shape index (κ1) is 19.9. The van der Waals surface area contributed by atoms with Crippen molar-refractivity contribution in [3.05, 3.63) is 0 Å². The summed E-state index contributed by atoms with van der Waals surface area (Å²) in [4.78, 5) is 38.3. The molecule has 2 aliphatic carbocycles. The SMILES string of the molecule is C[C@@H]1C(=O)O[C@H]2[C@H](O)[C@]34[C@@H]5OC(=O)[C@]3(OC3OC(=O)[C@H](O)C34C(C(C)(C)C)[C@@H]5O)[C@@]12O. The van der Waals surface area contributed by atoms with Crippen LogP contribution in [0.3, 0.4) is 0 Å². The van der Waals surface area contributed by atoms with Crippen LogP contribution < -0.4 is 0 Å². The molecule has 0 aromatic carbocycles. The Kier molecular flexibility index (Phi) is 3.15. The number of ether oxygens (including phenoxy) is 4. The van der Waals surface area contributed by atoms with Gasteiger partial charge in [-0.05, 0) is 12.3 Å². The molecule has 31 heavy (non-hydrogen) atoms. The van der Waals surface area contributed by atoms with E-state index in [2.05, 4.69) is 0 Å². The molecule has 4 heterocycles. The zero-order chi connectivity index (χ0) is 22.7. The zero-order valence-electron chi connectivity index (χ0n) is 17.3. The van der Waals surface area contributed by atoms with Crippen molar-refractivity contribution >= 4 is 17.9 Å². The Morgan fingerprint density at radius 3 is 2.19 bits per heavy atom. The number of rotatable bonds is 0. The second kappa shape index (κ2) is 4.91. The Bertz CT molecular complexity index is 957. The summed E-state index contributed by atoms with van der Waals surface area (Å²) in [5, 5.41) is 46.1. The number of aliphatic hydroxyl groups is 4. The van der Waals surface area contributed by atoms with E-state index in [0.717, 1.165) is 0 Å². The molecular formula is C20H24O11. The van der Waals surface area contributed by atoms with Gasteiger partial charge in [-0.2, -0.15) is 0 Å². The molecule has 11 heteroatoms. The molecule has 12 atom stereocenters. The summed E-state index contributed by atoms with van der Waals surface area (Å²) in [6, 6.07) is 0. The molecule has 0 amide bonds. The third-order valence-corrected chi connectivity index (χ3v) is 8.95. The highest BCUT2D eigenvalue weighted by Crippen LogP contribution is 2.84. The molecule has 4 saturated heterocycles. The summed E-state index contributed by atoms with van der Waals surface area (Å²) in [6.45, 7) is 6.63. The topological polar surface area (TPSA) is 169 Å². The van der Waals surface area contributed by atoms with Crippen molar-refractivity contribution in [2.45, 2.75) is 75.7 Å². The van der Waals surface area contributed by atoms with E-state index in [-0.39, 0.29) is 0 Å². The predicted molar refractivity (Wildman–Crippen MR) is 93.4 cm³/mol. The normalized spacial score (nSPS) is 61.0. The molecule has 6 aliphatic rings. The molecule has 170 valence electrons. The van der Waals surface area contributed by atoms with E-state index < -0.39 is 94.0 Å². The molecule has 0 radical (unpaired) electrons. The molecule has 4 N–H and O–H groups in total. The molecular weight excluding hydrogens is 416 g/mol. The van der Waals surface area contributed by atoms with Gasteiger partial charge in [-0.1, -0.05) is 20.8 Å². The van der Waals surface area contributed by atoms with Gasteiger partial charge in [0.1, 0.15) is 12.2 Å². The van der Waals surface area contributed by atoms with Gasteiger partial charge in [0.05, 0.1) is 22.9 Å². The number of carbonyl (C=O) groups excluding carboxylic acids is 3. The lowest BCUT2D eigenvalue weighted by Crippen LogP contribution is -2.67. The first-order valence-corrected chi connectivity index (χ1v) is 10.3. The lowest BCUT2D eigenvalue weighted by atomic mass is 9.51. The van der Waals surface area contributed by atoms with Gasteiger partial charge < -0.3 is 39.4 Å². The monoisotopic (exact) mass is 440 g/mol. The van der Waals surface area contributed by atoms with Gasteiger partial charge in [0.15, 0.2) is 17.8 Å². The average molecular weight is 440 g/mol. The van der Waals surface area contributed by atoms with Crippen LogP contribution in [-0.2, 0) is 33.3 Å². The molecule has 6 fully saturated rings. The first-order valence-electron chi connectivity index (χ1n) is 10.3. The molecule has 6 rings (SSSR count). The van der Waals surface area contributed by atoms with Gasteiger partial charge in [-0.15, -0.1) is 0 Å². The quantitative estimate of drug-likeness (QED) is 0.234. The van der Waals surface area contributed by atoms with Crippen LogP contribution in [0.2, 0.25) is 0 Å². The molecule has 3 unspecified atom stereocenters. The van der Waals surface area contributed by atoms with Crippen LogP contribution in [0.4, 0.5) is 0 Å². The van der Waals surface area contributed by atoms with Gasteiger partial charge >= 0.3 is 17.9 Å². The minimum atomic E-state index is -2.40. The van der Waals surface area contributed by atoms with E-state index in [1.165, 1.54) is 6.92 Å². The van der Waals surface area contributed by atoms with E-state index in [1.54, 1.807) is 20.8 Å². The van der Waals surface area contributed by atoms with E-state index in [9.17, 15) is 34.8 Å². The molecule has 2 spiro atoms. The summed E-state index contributed by atoms with van der Waals surface area (Å²) in [6.07, 6.45) is -9.69. The number of aliphatic hydroxyl groups excluding tert-OH is 3. The molecule has 0 bridgehead atoms. The predicted octanol–water partition coefficient (Wildman–Crippen LogP) is -2.40. The second-order valence-electron chi connectivity index (χ2n) is 10.8. The van der Waals surface area contributed by atoms with Gasteiger partial charge in [0.25, 0.3) is 0 Å². The van der Waals surface area contributed by atoms with E-state index >= 15 is 0 Å². The Morgan fingerprint density at radius 2 is 1.58 bits per heavy atom. The van der Waals surface area contributed by atoms with Crippen molar-refractivity contribution in [3.8, 4) is 0 Å². The van der Waals surface area contributed by atoms with Gasteiger partial charge in [-0.25, -0.2) is 9.59 Å². The van der Waals surface area contributed by atoms with Crippen LogP contribution in [-0.4, -0.2) is 86.3 Å². The Labute approximate surface area is 176 Å². The van der Waals surface area contributed by atoms with Crippen LogP contribution in [0.1, 0.15) is 27.7 Å². The highest BCUT2D eigenvalue weighted by molar-refractivity contribution is 5.94. The van der Waals surface area contributed by atoms with Crippen molar-refractivity contribution in [2.75, 3.05) is 0 Å². The number of hydrogen-bond acceptors (Lipinski definition) is 11. The minimum absolute atomic E-state index is 0.792.